The van der Waals surface area contributed by atoms with E-state index in [1.54, 1.807) is 18.1 Å². The predicted octanol–water partition coefficient (Wildman–Crippen LogP) is 5.99. The van der Waals surface area contributed by atoms with Crippen LogP contribution in [0.5, 0.6) is 5.75 Å². The lowest BCUT2D eigenvalue weighted by Crippen LogP contribution is -2.48. The van der Waals surface area contributed by atoms with Gasteiger partial charge in [-0.15, -0.1) is 0 Å². The number of anilines is 1. The average molecular weight is 482 g/mol. The lowest BCUT2D eigenvalue weighted by molar-refractivity contribution is -0.123. The monoisotopic (exact) mass is 481 g/mol. The number of ether oxygens (including phenoxy) is 1. The maximum absolute atomic E-state index is 14.2. The van der Waals surface area contributed by atoms with Crippen LogP contribution in [0, 0.1) is 0 Å². The van der Waals surface area contributed by atoms with E-state index in [2.05, 4.69) is 5.32 Å². The van der Waals surface area contributed by atoms with E-state index in [4.69, 9.17) is 9.73 Å². The molecule has 0 saturated heterocycles. The highest BCUT2D eigenvalue weighted by Gasteiger charge is 2.37. The summed E-state index contributed by atoms with van der Waals surface area (Å²) in [6.45, 7) is 1.94. The van der Waals surface area contributed by atoms with Crippen molar-refractivity contribution in [3.63, 3.8) is 0 Å². The number of hydrogen-bond donors (Lipinski definition) is 1. The van der Waals surface area contributed by atoms with Crippen LogP contribution >= 0.6 is 0 Å². The van der Waals surface area contributed by atoms with E-state index in [0.29, 0.717) is 22.7 Å². The molecule has 1 fully saturated rings. The van der Waals surface area contributed by atoms with Crippen LogP contribution in [0.3, 0.4) is 0 Å². The summed E-state index contributed by atoms with van der Waals surface area (Å²) in [7, 11) is 1.61. The number of carbonyl (C=O) groups is 2. The summed E-state index contributed by atoms with van der Waals surface area (Å²) in [4.78, 5) is 34.7. The fraction of sp³-hybridized carbons (Fsp3) is 0.300. The molecule has 6 nitrogen and oxygen atoms in total. The molecule has 1 heterocycles. The minimum atomic E-state index is -0.856. The number of para-hydroxylation sites is 2. The van der Waals surface area contributed by atoms with Crippen LogP contribution in [0.2, 0.25) is 0 Å². The van der Waals surface area contributed by atoms with Gasteiger partial charge in [-0.25, -0.2) is 0 Å². The molecular formula is C30H31N3O3. The van der Waals surface area contributed by atoms with E-state index in [-0.39, 0.29) is 17.9 Å². The molecule has 1 atom stereocenters. The zero-order valence-corrected chi connectivity index (χ0v) is 20.7. The molecule has 1 aliphatic carbocycles. The van der Waals surface area contributed by atoms with E-state index in [9.17, 15) is 9.59 Å². The molecule has 0 spiro atoms. The number of methoxy groups -OCH3 is 1. The Morgan fingerprint density at radius 2 is 1.61 bits per heavy atom. The van der Waals surface area contributed by atoms with E-state index >= 15 is 0 Å². The highest BCUT2D eigenvalue weighted by Crippen LogP contribution is 2.37. The highest BCUT2D eigenvalue weighted by atomic mass is 16.5. The van der Waals surface area contributed by atoms with Crippen LogP contribution < -0.4 is 15.0 Å². The van der Waals surface area contributed by atoms with Crippen molar-refractivity contribution in [1.82, 2.24) is 5.32 Å². The molecule has 5 rings (SSSR count). The standard InChI is InChI=1S/C30H31N3O3/c1-20-24-12-7-9-15-27(24)33(30(35)25-13-6-8-14-26(25)31-20)28(21-16-18-23(36-2)19-17-21)29(34)32-22-10-4-3-5-11-22/h6-9,12-19,22,28H,3-5,10-11H2,1-2H3,(H,32,34). The van der Waals surface area contributed by atoms with Crippen molar-refractivity contribution in [3.8, 4) is 5.75 Å². The first kappa shape index (κ1) is 23.8. The Morgan fingerprint density at radius 1 is 0.944 bits per heavy atom. The number of benzene rings is 3. The Bertz CT molecular complexity index is 1290. The summed E-state index contributed by atoms with van der Waals surface area (Å²) in [5.41, 5.74) is 4.06. The molecule has 3 aromatic rings. The quantitative estimate of drug-likeness (QED) is 0.487. The first-order valence-electron chi connectivity index (χ1n) is 12.6. The van der Waals surface area contributed by atoms with Gasteiger partial charge >= 0.3 is 0 Å². The van der Waals surface area contributed by atoms with Gasteiger partial charge in [-0.05, 0) is 55.7 Å². The maximum atomic E-state index is 14.2. The number of nitrogens with one attached hydrogen (secondary N) is 1. The lowest BCUT2D eigenvalue weighted by atomic mass is 9.94. The van der Waals surface area contributed by atoms with Crippen molar-refractivity contribution in [3.05, 3.63) is 89.5 Å². The molecule has 1 N–H and O–H groups in total. The maximum Gasteiger partial charge on any atom is 0.261 e. The van der Waals surface area contributed by atoms with E-state index < -0.39 is 6.04 Å². The van der Waals surface area contributed by atoms with Crippen LogP contribution in [-0.4, -0.2) is 30.7 Å². The van der Waals surface area contributed by atoms with Crippen LogP contribution in [0.1, 0.15) is 66.6 Å². The smallest absolute Gasteiger partial charge is 0.261 e. The van der Waals surface area contributed by atoms with Crippen LogP contribution in [0.4, 0.5) is 11.4 Å². The molecule has 1 unspecified atom stereocenters. The summed E-state index contributed by atoms with van der Waals surface area (Å²) < 4.78 is 5.35. The van der Waals surface area contributed by atoms with Gasteiger partial charge < -0.3 is 10.1 Å². The number of aliphatic imine (C=N–C) groups is 1. The normalized spacial score (nSPS) is 16.7. The number of hydrogen-bond acceptors (Lipinski definition) is 4. The third kappa shape index (κ3) is 4.63. The molecule has 6 heteroatoms. The average Bonchev–Trinajstić information content (AvgIpc) is 2.91. The van der Waals surface area contributed by atoms with Gasteiger partial charge in [0.2, 0.25) is 5.91 Å². The third-order valence-electron chi connectivity index (χ3n) is 7.08. The Kier molecular flexibility index (Phi) is 6.85. The molecule has 2 amide bonds. The largest absolute Gasteiger partial charge is 0.497 e. The number of fused-ring (bicyclic) bond motifs is 2. The second-order valence-electron chi connectivity index (χ2n) is 9.43. The zero-order valence-electron chi connectivity index (χ0n) is 20.7. The molecule has 1 saturated carbocycles. The second-order valence-corrected chi connectivity index (χ2v) is 9.43. The molecule has 36 heavy (non-hydrogen) atoms. The Hall–Kier alpha value is -3.93. The summed E-state index contributed by atoms with van der Waals surface area (Å²) in [6.07, 6.45) is 5.32. The molecule has 184 valence electrons. The Balaban J connectivity index is 1.68. The van der Waals surface area contributed by atoms with Gasteiger partial charge in [0.15, 0.2) is 0 Å². The predicted molar refractivity (Wildman–Crippen MR) is 142 cm³/mol. The molecule has 3 aromatic carbocycles. The fourth-order valence-electron chi connectivity index (χ4n) is 5.21. The van der Waals surface area contributed by atoms with Gasteiger partial charge in [0.1, 0.15) is 11.8 Å². The van der Waals surface area contributed by atoms with Gasteiger partial charge in [-0.1, -0.05) is 61.7 Å². The van der Waals surface area contributed by atoms with Crippen LogP contribution in [0.25, 0.3) is 0 Å². The van der Waals surface area contributed by atoms with Crippen molar-refractivity contribution in [2.45, 2.75) is 51.1 Å². The zero-order chi connectivity index (χ0) is 25.1. The molecule has 2 aliphatic rings. The van der Waals surface area contributed by atoms with Gasteiger partial charge in [-0.2, -0.15) is 0 Å². The number of rotatable bonds is 5. The van der Waals surface area contributed by atoms with Crippen molar-refractivity contribution < 1.29 is 14.3 Å². The van der Waals surface area contributed by atoms with E-state index in [0.717, 1.165) is 42.5 Å². The van der Waals surface area contributed by atoms with Crippen molar-refractivity contribution >= 4 is 28.9 Å². The summed E-state index contributed by atoms with van der Waals surface area (Å²) in [6, 6.07) is 21.6. The molecule has 1 aliphatic heterocycles. The SMILES string of the molecule is COc1ccc(C(C(=O)NC2CCCCC2)N2C(=O)c3ccccc3N=C(C)c3ccccc32)cc1. The molecule has 0 bridgehead atoms. The van der Waals surface area contributed by atoms with E-state index in [1.807, 2.05) is 73.7 Å². The molecular weight excluding hydrogens is 450 g/mol. The first-order chi connectivity index (χ1) is 17.6. The highest BCUT2D eigenvalue weighted by molar-refractivity contribution is 6.18. The summed E-state index contributed by atoms with van der Waals surface area (Å²) in [5.74, 6) is 0.259. The van der Waals surface area contributed by atoms with E-state index in [1.165, 1.54) is 6.42 Å². The first-order valence-corrected chi connectivity index (χ1v) is 12.6. The fourth-order valence-corrected chi connectivity index (χ4v) is 5.21. The number of carbonyl (C=O) groups excluding carboxylic acids is 2. The minimum Gasteiger partial charge on any atom is -0.497 e. The van der Waals surface area contributed by atoms with Gasteiger partial charge in [0.05, 0.1) is 24.0 Å². The molecule has 0 radical (unpaired) electrons. The Labute approximate surface area is 212 Å². The number of amides is 2. The topological polar surface area (TPSA) is 71.0 Å². The van der Waals surface area contributed by atoms with Gasteiger partial charge in [0.25, 0.3) is 5.91 Å². The minimum absolute atomic E-state index is 0.114. The second kappa shape index (κ2) is 10.4. The number of nitrogens with zero attached hydrogens (tertiary/aromatic N) is 2. The van der Waals surface area contributed by atoms with Gasteiger partial charge in [0, 0.05) is 17.3 Å². The molecule has 0 aromatic heterocycles. The van der Waals surface area contributed by atoms with Crippen LogP contribution in [-0.2, 0) is 4.79 Å². The third-order valence-corrected chi connectivity index (χ3v) is 7.08. The Morgan fingerprint density at radius 3 is 2.33 bits per heavy atom. The van der Waals surface area contributed by atoms with Crippen molar-refractivity contribution in [2.75, 3.05) is 12.0 Å². The summed E-state index contributed by atoms with van der Waals surface area (Å²) in [5, 5.41) is 3.27. The van der Waals surface area contributed by atoms with Gasteiger partial charge in [-0.3, -0.25) is 19.5 Å². The van der Waals surface area contributed by atoms with Crippen molar-refractivity contribution in [1.29, 1.82) is 0 Å². The van der Waals surface area contributed by atoms with Crippen LogP contribution in [0.15, 0.2) is 77.8 Å². The lowest BCUT2D eigenvalue weighted by Gasteiger charge is -2.35. The van der Waals surface area contributed by atoms with Crippen molar-refractivity contribution in [2.24, 2.45) is 4.99 Å². The summed E-state index contributed by atoms with van der Waals surface area (Å²) >= 11 is 0.